The van der Waals surface area contributed by atoms with Gasteiger partial charge in [0.05, 0.1) is 6.04 Å². The predicted octanol–water partition coefficient (Wildman–Crippen LogP) is 0.758. The predicted molar refractivity (Wildman–Crippen MR) is 53.2 cm³/mol. The molecule has 0 radical (unpaired) electrons. The van der Waals surface area contributed by atoms with E-state index in [2.05, 4.69) is 6.08 Å². The van der Waals surface area contributed by atoms with Gasteiger partial charge in [-0.1, -0.05) is 25.5 Å². The first-order valence-corrected chi connectivity index (χ1v) is 4.75. The highest BCUT2D eigenvalue weighted by Crippen LogP contribution is 2.19. The fourth-order valence-corrected chi connectivity index (χ4v) is 1.64. The number of nitrogens with zero attached hydrogens (tertiary/aromatic N) is 1. The number of rotatable bonds is 2. The molecule has 1 unspecified atom stereocenters. The lowest BCUT2D eigenvalue weighted by Gasteiger charge is -2.26. The Morgan fingerprint density at radius 1 is 1.77 bits per heavy atom. The van der Waals surface area contributed by atoms with Crippen LogP contribution in [0.3, 0.4) is 0 Å². The van der Waals surface area contributed by atoms with E-state index in [9.17, 15) is 4.79 Å². The summed E-state index contributed by atoms with van der Waals surface area (Å²) in [7, 11) is 0. The minimum absolute atomic E-state index is 0.0633. The molecule has 0 fully saturated rings. The molecule has 1 aliphatic rings. The van der Waals surface area contributed by atoms with Gasteiger partial charge in [-0.05, 0) is 6.92 Å². The van der Waals surface area contributed by atoms with Crippen molar-refractivity contribution in [3.8, 4) is 0 Å². The zero-order chi connectivity index (χ0) is 10.0. The van der Waals surface area contributed by atoms with E-state index >= 15 is 0 Å². The second-order valence-corrected chi connectivity index (χ2v) is 3.84. The lowest BCUT2D eigenvalue weighted by Crippen LogP contribution is -2.43. The molecule has 1 amide bonds. The summed E-state index contributed by atoms with van der Waals surface area (Å²) in [5.41, 5.74) is 6.84. The SMILES string of the molecule is CC1=CCN(C(=O)C(C)C)C1CN. The molecule has 1 atom stereocenters. The zero-order valence-corrected chi connectivity index (χ0v) is 8.58. The molecule has 0 saturated carbocycles. The maximum atomic E-state index is 11.7. The average Bonchev–Trinajstić information content (AvgIpc) is 2.45. The highest BCUT2D eigenvalue weighted by Gasteiger charge is 2.28. The van der Waals surface area contributed by atoms with Gasteiger partial charge in [0.2, 0.25) is 5.91 Å². The Hall–Kier alpha value is -0.830. The Balaban J connectivity index is 2.69. The molecule has 1 heterocycles. The summed E-state index contributed by atoms with van der Waals surface area (Å²) < 4.78 is 0. The van der Waals surface area contributed by atoms with Crippen LogP contribution in [0.25, 0.3) is 0 Å². The van der Waals surface area contributed by atoms with Crippen LogP contribution < -0.4 is 5.73 Å². The maximum absolute atomic E-state index is 11.7. The molecule has 0 aromatic heterocycles. The van der Waals surface area contributed by atoms with Gasteiger partial charge in [-0.15, -0.1) is 0 Å². The fourth-order valence-electron chi connectivity index (χ4n) is 1.64. The largest absolute Gasteiger partial charge is 0.331 e. The molecule has 3 nitrogen and oxygen atoms in total. The van der Waals surface area contributed by atoms with Crippen molar-refractivity contribution >= 4 is 5.91 Å². The minimum atomic E-state index is 0.0633. The molecule has 0 aromatic rings. The monoisotopic (exact) mass is 182 g/mol. The number of amides is 1. The first kappa shape index (κ1) is 10.3. The minimum Gasteiger partial charge on any atom is -0.331 e. The Labute approximate surface area is 79.6 Å². The van der Waals surface area contributed by atoms with Crippen molar-refractivity contribution in [1.29, 1.82) is 0 Å². The number of nitrogens with two attached hydrogens (primary N) is 1. The molecular weight excluding hydrogens is 164 g/mol. The Morgan fingerprint density at radius 3 is 2.85 bits per heavy atom. The van der Waals surface area contributed by atoms with Crippen LogP contribution in [-0.4, -0.2) is 29.9 Å². The van der Waals surface area contributed by atoms with Crippen molar-refractivity contribution in [2.24, 2.45) is 11.7 Å². The molecule has 2 N–H and O–H groups in total. The number of carbonyl (C=O) groups excluding carboxylic acids is 1. The summed E-state index contributed by atoms with van der Waals surface area (Å²) in [6.45, 7) is 7.13. The first-order chi connectivity index (χ1) is 6.07. The standard InChI is InChI=1S/C10H18N2O/c1-7(2)10(13)12-5-4-8(3)9(12)6-11/h4,7,9H,5-6,11H2,1-3H3. The lowest BCUT2D eigenvalue weighted by atomic mass is 10.1. The Bertz CT molecular complexity index is 233. The summed E-state index contributed by atoms with van der Waals surface area (Å²) in [4.78, 5) is 13.6. The molecule has 0 saturated heterocycles. The van der Waals surface area contributed by atoms with E-state index in [-0.39, 0.29) is 17.9 Å². The molecule has 1 rings (SSSR count). The van der Waals surface area contributed by atoms with Crippen molar-refractivity contribution < 1.29 is 4.79 Å². The molecule has 74 valence electrons. The number of hydrogen-bond donors (Lipinski definition) is 1. The third kappa shape index (κ3) is 1.91. The van der Waals surface area contributed by atoms with Gasteiger partial charge in [0, 0.05) is 19.0 Å². The highest BCUT2D eigenvalue weighted by atomic mass is 16.2. The average molecular weight is 182 g/mol. The van der Waals surface area contributed by atoms with E-state index in [0.717, 1.165) is 6.54 Å². The Morgan fingerprint density at radius 2 is 2.38 bits per heavy atom. The van der Waals surface area contributed by atoms with Crippen molar-refractivity contribution in [2.45, 2.75) is 26.8 Å². The summed E-state index contributed by atoms with van der Waals surface area (Å²) >= 11 is 0. The first-order valence-electron chi connectivity index (χ1n) is 4.75. The van der Waals surface area contributed by atoms with Gasteiger partial charge in [-0.3, -0.25) is 4.79 Å². The molecule has 0 aliphatic carbocycles. The summed E-state index contributed by atoms with van der Waals surface area (Å²) in [6, 6.07) is 0.134. The molecular formula is C10H18N2O. The number of carbonyl (C=O) groups is 1. The van der Waals surface area contributed by atoms with Crippen LogP contribution in [-0.2, 0) is 4.79 Å². The molecule has 0 bridgehead atoms. The Kier molecular flexibility index (Phi) is 3.09. The van der Waals surface area contributed by atoms with Gasteiger partial charge in [-0.2, -0.15) is 0 Å². The van der Waals surface area contributed by atoms with Crippen LogP contribution in [0.4, 0.5) is 0 Å². The van der Waals surface area contributed by atoms with Crippen LogP contribution in [0.5, 0.6) is 0 Å². The highest BCUT2D eigenvalue weighted by molar-refractivity contribution is 5.79. The van der Waals surface area contributed by atoms with Crippen molar-refractivity contribution in [1.82, 2.24) is 4.90 Å². The van der Waals surface area contributed by atoms with E-state index in [1.165, 1.54) is 5.57 Å². The second-order valence-electron chi connectivity index (χ2n) is 3.84. The van der Waals surface area contributed by atoms with Crippen LogP contribution >= 0.6 is 0 Å². The maximum Gasteiger partial charge on any atom is 0.225 e. The van der Waals surface area contributed by atoms with Gasteiger partial charge >= 0.3 is 0 Å². The molecule has 0 spiro atoms. The summed E-state index contributed by atoms with van der Waals surface area (Å²) in [5.74, 6) is 0.261. The molecule has 1 aliphatic heterocycles. The van der Waals surface area contributed by atoms with Crippen molar-refractivity contribution in [3.05, 3.63) is 11.6 Å². The van der Waals surface area contributed by atoms with E-state index in [4.69, 9.17) is 5.73 Å². The zero-order valence-electron chi connectivity index (χ0n) is 8.58. The van der Waals surface area contributed by atoms with Crippen LogP contribution in [0.1, 0.15) is 20.8 Å². The van der Waals surface area contributed by atoms with E-state index in [1.54, 1.807) is 0 Å². The normalized spacial score (nSPS) is 22.4. The molecule has 13 heavy (non-hydrogen) atoms. The van der Waals surface area contributed by atoms with Gasteiger partial charge in [0.15, 0.2) is 0 Å². The van der Waals surface area contributed by atoms with Crippen molar-refractivity contribution in [3.63, 3.8) is 0 Å². The van der Waals surface area contributed by atoms with E-state index in [1.807, 2.05) is 25.7 Å². The number of hydrogen-bond acceptors (Lipinski definition) is 2. The second kappa shape index (κ2) is 3.92. The topological polar surface area (TPSA) is 46.3 Å². The van der Waals surface area contributed by atoms with Gasteiger partial charge in [-0.25, -0.2) is 0 Å². The van der Waals surface area contributed by atoms with E-state index in [0.29, 0.717) is 6.54 Å². The van der Waals surface area contributed by atoms with Gasteiger partial charge in [0.25, 0.3) is 0 Å². The third-order valence-electron chi connectivity index (χ3n) is 2.51. The van der Waals surface area contributed by atoms with Crippen LogP contribution in [0, 0.1) is 5.92 Å². The van der Waals surface area contributed by atoms with Crippen molar-refractivity contribution in [2.75, 3.05) is 13.1 Å². The van der Waals surface area contributed by atoms with Gasteiger partial charge in [0.1, 0.15) is 0 Å². The molecule has 3 heteroatoms. The summed E-state index contributed by atoms with van der Waals surface area (Å²) in [6.07, 6.45) is 2.08. The summed E-state index contributed by atoms with van der Waals surface area (Å²) in [5, 5.41) is 0. The molecule has 0 aromatic carbocycles. The lowest BCUT2D eigenvalue weighted by molar-refractivity contribution is -0.134. The van der Waals surface area contributed by atoms with Crippen LogP contribution in [0.2, 0.25) is 0 Å². The quantitative estimate of drug-likeness (QED) is 0.641. The smallest absolute Gasteiger partial charge is 0.225 e. The fraction of sp³-hybridized carbons (Fsp3) is 0.700. The van der Waals surface area contributed by atoms with Crippen LogP contribution in [0.15, 0.2) is 11.6 Å². The third-order valence-corrected chi connectivity index (χ3v) is 2.51. The van der Waals surface area contributed by atoms with Gasteiger partial charge < -0.3 is 10.6 Å². The van der Waals surface area contributed by atoms with E-state index < -0.39 is 0 Å².